The van der Waals surface area contributed by atoms with Gasteiger partial charge in [-0.25, -0.2) is 4.98 Å². The Morgan fingerprint density at radius 3 is 1.49 bits per heavy atom. The number of pyridine rings is 1. The molecule has 0 radical (unpaired) electrons. The monoisotopic (exact) mass is 1270 g/mol. The fraction of sp³-hybridized carbons (Fsp3) is 0.0957. The SMILES string of the molecule is CC1(C)c2cc(-c3ccc4c(c3)c3cccc5c3n4-c3ccccc3C5(C)C)ccc2-c2ccc(N(c3ccccc3)c3cccc4c(-c5ccc6c(c5)C(C)(C)c5cccc7c8cc(-c9ccc(N(c%10ccccn%10)c%10cccc%11ccccc%10%11)cc9)ccc8n-6c57)cccc34)cc21. The Hall–Kier alpha value is -12.1. The average Bonchev–Trinajstić information content (AvgIpc) is 1.58. The molecule has 0 atom stereocenters. The molecule has 99 heavy (non-hydrogen) atoms. The molecule has 0 amide bonds. The molecular weight excluding hydrogens is 1200 g/mol. The average molecular weight is 1270 g/mol. The molecule has 0 saturated heterocycles. The van der Waals surface area contributed by atoms with Gasteiger partial charge in [-0.3, -0.25) is 4.90 Å². The van der Waals surface area contributed by atoms with E-state index in [1.54, 1.807) is 0 Å². The number of anilines is 6. The molecular formula is C94H69N5. The molecule has 14 aromatic carbocycles. The number of nitrogens with zero attached hydrogens (tertiary/aromatic N) is 5. The first-order chi connectivity index (χ1) is 48.4. The highest BCUT2D eigenvalue weighted by molar-refractivity contribution is 6.15. The molecule has 1 aliphatic carbocycles. The van der Waals surface area contributed by atoms with Gasteiger partial charge < -0.3 is 14.0 Å². The predicted molar refractivity (Wildman–Crippen MR) is 415 cm³/mol. The topological polar surface area (TPSA) is 29.2 Å². The number of benzene rings is 14. The minimum absolute atomic E-state index is 0.107. The summed E-state index contributed by atoms with van der Waals surface area (Å²) in [7, 11) is 0. The van der Waals surface area contributed by atoms with Crippen LogP contribution in [-0.4, -0.2) is 14.1 Å². The molecule has 5 nitrogen and oxygen atoms in total. The first-order valence-electron chi connectivity index (χ1n) is 34.8. The summed E-state index contributed by atoms with van der Waals surface area (Å²) in [5.74, 6) is 0.873. The number of rotatable bonds is 9. The maximum atomic E-state index is 4.85. The molecule has 17 aromatic rings. The van der Waals surface area contributed by atoms with Gasteiger partial charge in [0.25, 0.3) is 0 Å². The number of aromatic nitrogens is 3. The van der Waals surface area contributed by atoms with Gasteiger partial charge in [0.15, 0.2) is 0 Å². The minimum Gasteiger partial charge on any atom is -0.310 e. The van der Waals surface area contributed by atoms with Crippen LogP contribution in [0.15, 0.2) is 310 Å². The lowest BCUT2D eigenvalue weighted by molar-refractivity contribution is 0.630. The molecule has 3 aromatic heterocycles. The summed E-state index contributed by atoms with van der Waals surface area (Å²) in [5.41, 5.74) is 30.3. The third kappa shape index (κ3) is 8.25. The van der Waals surface area contributed by atoms with Crippen molar-refractivity contribution >= 4 is 99.4 Å². The van der Waals surface area contributed by atoms with E-state index in [0.29, 0.717) is 0 Å². The van der Waals surface area contributed by atoms with Gasteiger partial charge in [0.2, 0.25) is 0 Å². The first kappa shape index (κ1) is 57.2. The molecule has 0 N–H and O–H groups in total. The Labute approximate surface area is 576 Å². The van der Waals surface area contributed by atoms with Crippen LogP contribution in [-0.2, 0) is 16.2 Å². The van der Waals surface area contributed by atoms with Crippen LogP contribution in [0.25, 0.3) is 121 Å². The zero-order valence-electron chi connectivity index (χ0n) is 56.2. The zero-order chi connectivity index (χ0) is 66.2. The maximum absolute atomic E-state index is 4.85. The lowest BCUT2D eigenvalue weighted by Gasteiger charge is -2.35. The molecule has 0 fully saturated rings. The fourth-order valence-electron chi connectivity index (χ4n) is 17.8. The highest BCUT2D eigenvalue weighted by Crippen LogP contribution is 2.55. The lowest BCUT2D eigenvalue weighted by Crippen LogP contribution is -2.26. The van der Waals surface area contributed by atoms with E-state index >= 15 is 0 Å². The molecule has 2 aliphatic heterocycles. The van der Waals surface area contributed by atoms with Gasteiger partial charge >= 0.3 is 0 Å². The van der Waals surface area contributed by atoms with Crippen LogP contribution >= 0.6 is 0 Å². The van der Waals surface area contributed by atoms with Crippen molar-refractivity contribution in [3.63, 3.8) is 0 Å². The van der Waals surface area contributed by atoms with Crippen LogP contribution < -0.4 is 9.80 Å². The van der Waals surface area contributed by atoms with Crippen molar-refractivity contribution in [3.05, 3.63) is 343 Å². The summed E-state index contributed by atoms with van der Waals surface area (Å²) in [6.45, 7) is 14.4. The smallest absolute Gasteiger partial charge is 0.137 e. The van der Waals surface area contributed by atoms with Crippen LogP contribution in [0.2, 0.25) is 0 Å². The van der Waals surface area contributed by atoms with E-state index in [1.165, 1.54) is 149 Å². The van der Waals surface area contributed by atoms with Gasteiger partial charge in [-0.2, -0.15) is 0 Å². The third-order valence-corrected chi connectivity index (χ3v) is 22.7. The second kappa shape index (κ2) is 21.0. The van der Waals surface area contributed by atoms with Crippen LogP contribution in [0.5, 0.6) is 0 Å². The van der Waals surface area contributed by atoms with Crippen molar-refractivity contribution in [1.29, 1.82) is 0 Å². The molecule has 0 bridgehead atoms. The van der Waals surface area contributed by atoms with E-state index in [1.807, 2.05) is 12.3 Å². The molecule has 5 heterocycles. The van der Waals surface area contributed by atoms with E-state index < -0.39 is 0 Å². The van der Waals surface area contributed by atoms with Gasteiger partial charge in [-0.15, -0.1) is 0 Å². The Morgan fingerprint density at radius 2 is 0.758 bits per heavy atom. The molecule has 0 saturated carbocycles. The molecule has 5 heteroatoms. The van der Waals surface area contributed by atoms with E-state index in [0.717, 1.165) is 39.8 Å². The van der Waals surface area contributed by atoms with Crippen molar-refractivity contribution in [1.82, 2.24) is 14.1 Å². The first-order valence-corrected chi connectivity index (χ1v) is 34.8. The molecule has 0 spiro atoms. The summed E-state index contributed by atoms with van der Waals surface area (Å²) in [6, 6.07) is 113. The van der Waals surface area contributed by atoms with E-state index in [9.17, 15) is 0 Å². The van der Waals surface area contributed by atoms with Crippen molar-refractivity contribution in [2.24, 2.45) is 0 Å². The van der Waals surface area contributed by atoms with Crippen molar-refractivity contribution in [2.45, 2.75) is 57.8 Å². The normalized spacial score (nSPS) is 14.2. The van der Waals surface area contributed by atoms with Gasteiger partial charge in [-0.05, 0) is 198 Å². The predicted octanol–water partition coefficient (Wildman–Crippen LogP) is 25.1. The Balaban J connectivity index is 0.644. The second-order valence-corrected chi connectivity index (χ2v) is 29.1. The lowest BCUT2D eigenvalue weighted by atomic mass is 9.74. The van der Waals surface area contributed by atoms with Crippen molar-refractivity contribution < 1.29 is 0 Å². The van der Waals surface area contributed by atoms with Crippen LogP contribution in [0, 0.1) is 0 Å². The number of hydrogen-bond donors (Lipinski definition) is 0. The minimum atomic E-state index is -0.293. The second-order valence-electron chi connectivity index (χ2n) is 29.1. The van der Waals surface area contributed by atoms with Crippen molar-refractivity contribution in [3.8, 4) is 55.9 Å². The highest BCUT2D eigenvalue weighted by Gasteiger charge is 2.39. The van der Waals surface area contributed by atoms with Gasteiger partial charge in [0, 0.05) is 71.8 Å². The number of hydrogen-bond acceptors (Lipinski definition) is 3. The summed E-state index contributed by atoms with van der Waals surface area (Å²) in [5, 5.41) is 9.89. The standard InChI is InChI=1S/C94H69N5/c1-92(2)77-31-12-13-34-87(77)98-85-50-42-61(54-76(85)74-29-18-32-78(92)90(74)98)62-40-47-70-71-48-46-66(57-81(71)94(5,6)80(70)55-62)96(64-23-8-7-9-24-64)84-36-20-27-69-67(26-17-28-72(69)84)63-43-51-88-82(56-63)93(3,4)79-33-19-30-73-75-53-60(41-49-86(75)99(88)91(73)79)58-38-44-65(45-39-58)97(89-37-14-15-52-95-89)83-35-16-22-59-21-10-11-25-68(59)83/h7-57H,1-6H3. The van der Waals surface area contributed by atoms with E-state index in [2.05, 4.69) is 358 Å². The van der Waals surface area contributed by atoms with E-state index in [4.69, 9.17) is 4.98 Å². The Morgan fingerprint density at radius 1 is 0.273 bits per heavy atom. The molecule has 470 valence electrons. The zero-order valence-corrected chi connectivity index (χ0v) is 56.2. The Bertz CT molecular complexity index is 6260. The van der Waals surface area contributed by atoms with Crippen molar-refractivity contribution in [2.75, 3.05) is 9.80 Å². The maximum Gasteiger partial charge on any atom is 0.137 e. The third-order valence-electron chi connectivity index (χ3n) is 22.7. The number of para-hydroxylation sites is 4. The largest absolute Gasteiger partial charge is 0.310 e. The van der Waals surface area contributed by atoms with Gasteiger partial charge in [0.1, 0.15) is 5.82 Å². The molecule has 3 aliphatic rings. The summed E-state index contributed by atoms with van der Waals surface area (Å²) >= 11 is 0. The van der Waals surface area contributed by atoms with Crippen LogP contribution in [0.4, 0.5) is 34.3 Å². The molecule has 20 rings (SSSR count). The molecule has 0 unspecified atom stereocenters. The quantitative estimate of drug-likeness (QED) is 0.144. The van der Waals surface area contributed by atoms with Gasteiger partial charge in [-0.1, -0.05) is 236 Å². The summed E-state index contributed by atoms with van der Waals surface area (Å²) in [4.78, 5) is 9.60. The number of fused-ring (bicyclic) bond motifs is 15. The van der Waals surface area contributed by atoms with Crippen LogP contribution in [0.3, 0.4) is 0 Å². The summed E-state index contributed by atoms with van der Waals surface area (Å²) < 4.78 is 5.05. The van der Waals surface area contributed by atoms with E-state index in [-0.39, 0.29) is 16.2 Å². The fourth-order valence-corrected chi connectivity index (χ4v) is 17.8. The van der Waals surface area contributed by atoms with Crippen LogP contribution in [0.1, 0.15) is 74.9 Å². The van der Waals surface area contributed by atoms with Gasteiger partial charge in [0.05, 0.1) is 44.8 Å². The Kier molecular flexibility index (Phi) is 12.1. The summed E-state index contributed by atoms with van der Waals surface area (Å²) in [6.07, 6.45) is 1.87. The highest BCUT2D eigenvalue weighted by atomic mass is 15.2.